The fourth-order valence-corrected chi connectivity index (χ4v) is 2.24. The first-order valence-electron chi connectivity index (χ1n) is 7.44. The van der Waals surface area contributed by atoms with Crippen molar-refractivity contribution in [2.45, 2.75) is 59.2 Å². The minimum absolute atomic E-state index is 0.233. The molecule has 1 N–H and O–H groups in total. The van der Waals surface area contributed by atoms with E-state index in [9.17, 15) is 19.1 Å². The summed E-state index contributed by atoms with van der Waals surface area (Å²) in [5.41, 5.74) is 0.0645. The van der Waals surface area contributed by atoms with Crippen molar-refractivity contribution in [1.29, 1.82) is 0 Å². The Balaban J connectivity index is 3.36. The van der Waals surface area contributed by atoms with Crippen molar-refractivity contribution in [3.05, 3.63) is 35.1 Å². The maximum Gasteiger partial charge on any atom is 0.411 e. The molecule has 0 aliphatic rings. The molecular formula is C17H24FNO4. The van der Waals surface area contributed by atoms with Gasteiger partial charge in [0.25, 0.3) is 0 Å². The molecular weight excluding hydrogens is 301 g/mol. The number of halogens is 1. The Morgan fingerprint density at radius 3 is 2.26 bits per heavy atom. The molecule has 0 aliphatic heterocycles. The second-order valence-corrected chi connectivity index (χ2v) is 6.72. The van der Waals surface area contributed by atoms with Gasteiger partial charge in [0.2, 0.25) is 0 Å². The zero-order valence-electron chi connectivity index (χ0n) is 14.4. The summed E-state index contributed by atoms with van der Waals surface area (Å²) in [4.78, 5) is 25.4. The molecule has 128 valence electrons. The van der Waals surface area contributed by atoms with E-state index in [4.69, 9.17) is 4.74 Å². The molecule has 0 radical (unpaired) electrons. The SMILES string of the molecule is Cc1ccc(F)cc1C(C(=O)O)N(C(=O)OC(C)(C)C)C(C)C. The van der Waals surface area contributed by atoms with Crippen LogP contribution in [0.25, 0.3) is 0 Å². The molecule has 0 spiro atoms. The van der Waals surface area contributed by atoms with Crippen LogP contribution in [-0.2, 0) is 9.53 Å². The molecule has 1 aromatic carbocycles. The van der Waals surface area contributed by atoms with Crippen molar-refractivity contribution >= 4 is 12.1 Å². The van der Waals surface area contributed by atoms with Gasteiger partial charge in [-0.05, 0) is 64.8 Å². The average Bonchev–Trinajstić information content (AvgIpc) is 2.35. The van der Waals surface area contributed by atoms with Crippen LogP contribution in [0, 0.1) is 12.7 Å². The normalized spacial score (nSPS) is 12.9. The first-order valence-corrected chi connectivity index (χ1v) is 7.44. The van der Waals surface area contributed by atoms with Gasteiger partial charge in [-0.25, -0.2) is 14.0 Å². The van der Waals surface area contributed by atoms with Crippen molar-refractivity contribution in [2.24, 2.45) is 0 Å². The summed E-state index contributed by atoms with van der Waals surface area (Å²) in [5, 5.41) is 9.64. The molecule has 0 bridgehead atoms. The second kappa shape index (κ2) is 6.98. The predicted octanol–water partition coefficient (Wildman–Crippen LogP) is 3.91. The van der Waals surface area contributed by atoms with Crippen molar-refractivity contribution in [3.63, 3.8) is 0 Å². The van der Waals surface area contributed by atoms with E-state index in [2.05, 4.69) is 0 Å². The number of rotatable bonds is 4. The molecule has 0 aromatic heterocycles. The Bertz CT molecular complexity index is 593. The van der Waals surface area contributed by atoms with E-state index in [1.54, 1.807) is 41.5 Å². The van der Waals surface area contributed by atoms with Crippen molar-refractivity contribution in [2.75, 3.05) is 0 Å². The van der Waals surface area contributed by atoms with Gasteiger partial charge in [-0.1, -0.05) is 6.07 Å². The van der Waals surface area contributed by atoms with Crippen LogP contribution in [0.15, 0.2) is 18.2 Å². The maximum absolute atomic E-state index is 13.6. The summed E-state index contributed by atoms with van der Waals surface area (Å²) in [6.07, 6.45) is -0.747. The van der Waals surface area contributed by atoms with Gasteiger partial charge in [0.1, 0.15) is 11.4 Å². The lowest BCUT2D eigenvalue weighted by Crippen LogP contribution is -2.46. The molecule has 1 unspecified atom stereocenters. The van der Waals surface area contributed by atoms with Crippen LogP contribution in [0.1, 0.15) is 51.8 Å². The number of aliphatic carboxylic acids is 1. The van der Waals surface area contributed by atoms with Crippen LogP contribution in [-0.4, -0.2) is 33.7 Å². The van der Waals surface area contributed by atoms with Gasteiger partial charge < -0.3 is 9.84 Å². The number of nitrogens with zero attached hydrogens (tertiary/aromatic N) is 1. The number of carboxylic acids is 1. The maximum atomic E-state index is 13.6. The van der Waals surface area contributed by atoms with Crippen LogP contribution < -0.4 is 0 Å². The standard InChI is InChI=1S/C17H24FNO4/c1-10(2)19(16(22)23-17(4,5)6)14(15(20)21)13-9-12(18)8-7-11(13)3/h7-10,14H,1-6H3,(H,20,21). The van der Waals surface area contributed by atoms with E-state index >= 15 is 0 Å². The summed E-state index contributed by atoms with van der Waals surface area (Å²) in [7, 11) is 0. The minimum atomic E-state index is -1.32. The Morgan fingerprint density at radius 1 is 1.26 bits per heavy atom. The highest BCUT2D eigenvalue weighted by atomic mass is 19.1. The molecule has 0 saturated heterocycles. The predicted molar refractivity (Wildman–Crippen MR) is 84.7 cm³/mol. The largest absolute Gasteiger partial charge is 0.479 e. The van der Waals surface area contributed by atoms with E-state index < -0.39 is 35.6 Å². The highest BCUT2D eigenvalue weighted by molar-refractivity contribution is 5.82. The van der Waals surface area contributed by atoms with E-state index in [0.29, 0.717) is 5.56 Å². The lowest BCUT2D eigenvalue weighted by Gasteiger charge is -2.34. The van der Waals surface area contributed by atoms with E-state index in [1.165, 1.54) is 12.1 Å². The number of ether oxygens (including phenoxy) is 1. The second-order valence-electron chi connectivity index (χ2n) is 6.72. The van der Waals surface area contributed by atoms with Crippen LogP contribution in [0.2, 0.25) is 0 Å². The zero-order chi connectivity index (χ0) is 17.9. The number of benzene rings is 1. The van der Waals surface area contributed by atoms with Crippen LogP contribution in [0.5, 0.6) is 0 Å². The number of hydrogen-bond acceptors (Lipinski definition) is 3. The van der Waals surface area contributed by atoms with Crippen LogP contribution >= 0.6 is 0 Å². The quantitative estimate of drug-likeness (QED) is 0.911. The summed E-state index contributed by atoms with van der Waals surface area (Å²) < 4.78 is 18.9. The molecule has 0 fully saturated rings. The van der Waals surface area contributed by atoms with Crippen molar-refractivity contribution in [1.82, 2.24) is 4.90 Å². The highest BCUT2D eigenvalue weighted by Crippen LogP contribution is 2.28. The number of aryl methyl sites for hydroxylation is 1. The van der Waals surface area contributed by atoms with Gasteiger partial charge in [-0.15, -0.1) is 0 Å². The number of amides is 1. The molecule has 1 atom stereocenters. The zero-order valence-corrected chi connectivity index (χ0v) is 14.4. The Morgan fingerprint density at radius 2 is 1.83 bits per heavy atom. The third kappa shape index (κ3) is 4.94. The number of carbonyl (C=O) groups is 2. The highest BCUT2D eigenvalue weighted by Gasteiger charge is 2.36. The summed E-state index contributed by atoms with van der Waals surface area (Å²) in [6, 6.07) is 2.14. The van der Waals surface area contributed by atoms with Gasteiger partial charge in [-0.2, -0.15) is 0 Å². The third-order valence-corrected chi connectivity index (χ3v) is 3.21. The first kappa shape index (κ1) is 18.9. The van der Waals surface area contributed by atoms with Crippen LogP contribution in [0.4, 0.5) is 9.18 Å². The molecule has 0 aliphatic carbocycles. The van der Waals surface area contributed by atoms with Gasteiger partial charge >= 0.3 is 12.1 Å². The van der Waals surface area contributed by atoms with E-state index in [0.717, 1.165) is 11.0 Å². The van der Waals surface area contributed by atoms with Gasteiger partial charge in [0.05, 0.1) is 0 Å². The fraction of sp³-hybridized carbons (Fsp3) is 0.529. The van der Waals surface area contributed by atoms with Gasteiger partial charge in [0.15, 0.2) is 6.04 Å². The van der Waals surface area contributed by atoms with E-state index in [-0.39, 0.29) is 5.56 Å². The van der Waals surface area contributed by atoms with Crippen molar-refractivity contribution in [3.8, 4) is 0 Å². The average molecular weight is 325 g/mol. The topological polar surface area (TPSA) is 66.8 Å². The molecule has 5 nitrogen and oxygen atoms in total. The summed E-state index contributed by atoms with van der Waals surface area (Å²) >= 11 is 0. The minimum Gasteiger partial charge on any atom is -0.479 e. The Hall–Kier alpha value is -2.11. The summed E-state index contributed by atoms with van der Waals surface area (Å²) in [5.74, 6) is -1.79. The lowest BCUT2D eigenvalue weighted by molar-refractivity contribution is -0.144. The number of carboxylic acid groups (broad SMARTS) is 1. The molecule has 0 saturated carbocycles. The van der Waals surface area contributed by atoms with Gasteiger partial charge in [-0.3, -0.25) is 4.90 Å². The van der Waals surface area contributed by atoms with E-state index in [1.807, 2.05) is 0 Å². The summed E-state index contributed by atoms with van der Waals surface area (Å²) in [6.45, 7) is 10.2. The smallest absolute Gasteiger partial charge is 0.411 e. The number of hydrogen-bond donors (Lipinski definition) is 1. The molecule has 6 heteroatoms. The number of carbonyl (C=O) groups excluding carboxylic acids is 1. The molecule has 1 rings (SSSR count). The van der Waals surface area contributed by atoms with Crippen LogP contribution in [0.3, 0.4) is 0 Å². The van der Waals surface area contributed by atoms with Crippen molar-refractivity contribution < 1.29 is 23.8 Å². The molecule has 1 aromatic rings. The first-order chi connectivity index (χ1) is 10.4. The fourth-order valence-electron chi connectivity index (χ4n) is 2.24. The third-order valence-electron chi connectivity index (χ3n) is 3.21. The lowest BCUT2D eigenvalue weighted by atomic mass is 9.99. The monoisotopic (exact) mass is 325 g/mol. The molecule has 23 heavy (non-hydrogen) atoms. The molecule has 0 heterocycles. The Kier molecular flexibility index (Phi) is 5.75. The van der Waals surface area contributed by atoms with Gasteiger partial charge in [0, 0.05) is 6.04 Å². The molecule has 1 amide bonds. The Labute approximate surface area is 136 Å².